The van der Waals surface area contributed by atoms with Crippen molar-refractivity contribution >= 4 is 11.6 Å². The fraction of sp³-hybridized carbons (Fsp3) is 0.750. The molecule has 1 saturated carbocycles. The number of nitrogens with one attached hydrogen (secondary N) is 2. The van der Waals surface area contributed by atoms with Gasteiger partial charge in [0.25, 0.3) is 0 Å². The van der Waals surface area contributed by atoms with Gasteiger partial charge in [-0.3, -0.25) is 0 Å². The van der Waals surface area contributed by atoms with Crippen LogP contribution < -0.4 is 11.1 Å². The Morgan fingerprint density at radius 1 is 1.38 bits per heavy atom. The summed E-state index contributed by atoms with van der Waals surface area (Å²) in [5.74, 6) is 3.11. The van der Waals surface area contributed by atoms with E-state index in [2.05, 4.69) is 22.2 Å². The predicted octanol–water partition coefficient (Wildman–Crippen LogP) is 2.68. The van der Waals surface area contributed by atoms with E-state index in [0.717, 1.165) is 17.6 Å². The molecule has 1 aromatic rings. The van der Waals surface area contributed by atoms with Gasteiger partial charge in [-0.15, -0.1) is 0 Å². The first-order chi connectivity index (χ1) is 7.66. The Morgan fingerprint density at radius 3 is 2.62 bits per heavy atom. The number of H-pyrrole nitrogens is 1. The van der Waals surface area contributed by atoms with Crippen LogP contribution in [-0.4, -0.2) is 16.0 Å². The maximum atomic E-state index is 5.84. The molecule has 1 aliphatic carbocycles. The van der Waals surface area contributed by atoms with Gasteiger partial charge in [0.15, 0.2) is 5.82 Å². The quantitative estimate of drug-likeness (QED) is 0.736. The van der Waals surface area contributed by atoms with Crippen LogP contribution in [0.2, 0.25) is 0 Å². The Balaban J connectivity index is 1.95. The normalized spacial score (nSPS) is 19.6. The number of aromatic nitrogens is 2. The molecule has 0 spiro atoms. The van der Waals surface area contributed by atoms with Crippen LogP contribution in [-0.2, 0) is 0 Å². The first-order valence-electron chi connectivity index (χ1n) is 6.25. The van der Waals surface area contributed by atoms with Gasteiger partial charge < -0.3 is 16.0 Å². The number of rotatable bonds is 3. The van der Waals surface area contributed by atoms with Gasteiger partial charge in [0.2, 0.25) is 0 Å². The molecular weight excluding hydrogens is 200 g/mol. The van der Waals surface area contributed by atoms with Gasteiger partial charge in [-0.25, -0.2) is 4.98 Å². The molecule has 4 N–H and O–H groups in total. The molecule has 4 heteroatoms. The molecule has 0 aromatic carbocycles. The van der Waals surface area contributed by atoms with E-state index < -0.39 is 0 Å². The van der Waals surface area contributed by atoms with E-state index in [9.17, 15) is 0 Å². The van der Waals surface area contributed by atoms with Crippen molar-refractivity contribution in [2.75, 3.05) is 11.1 Å². The second kappa shape index (κ2) is 4.76. The molecule has 0 bridgehead atoms. The zero-order chi connectivity index (χ0) is 11.5. The summed E-state index contributed by atoms with van der Waals surface area (Å²) in [5, 5.41) is 3.43. The average Bonchev–Trinajstić information content (AvgIpc) is 2.59. The molecule has 2 rings (SSSR count). The number of hydrogen-bond acceptors (Lipinski definition) is 3. The van der Waals surface area contributed by atoms with E-state index in [-0.39, 0.29) is 0 Å². The summed E-state index contributed by atoms with van der Waals surface area (Å²) in [6.45, 7) is 4.16. The molecule has 0 amide bonds. The number of nitrogen functional groups attached to an aromatic ring is 1. The number of aryl methyl sites for hydroxylation is 1. The Labute approximate surface area is 97.0 Å². The van der Waals surface area contributed by atoms with Crippen molar-refractivity contribution in [1.82, 2.24) is 9.97 Å². The fourth-order valence-electron chi connectivity index (χ4n) is 2.59. The average molecular weight is 222 g/mol. The predicted molar refractivity (Wildman–Crippen MR) is 67.4 cm³/mol. The number of aromatic amines is 1. The molecule has 0 radical (unpaired) electrons. The van der Waals surface area contributed by atoms with Crippen LogP contribution in [0.3, 0.4) is 0 Å². The van der Waals surface area contributed by atoms with Crippen molar-refractivity contribution in [3.63, 3.8) is 0 Å². The van der Waals surface area contributed by atoms with Gasteiger partial charge in [0.1, 0.15) is 11.6 Å². The van der Waals surface area contributed by atoms with Crippen molar-refractivity contribution in [2.24, 2.45) is 5.92 Å². The van der Waals surface area contributed by atoms with Gasteiger partial charge in [-0.1, -0.05) is 19.3 Å². The third kappa shape index (κ3) is 2.49. The lowest BCUT2D eigenvalue weighted by Gasteiger charge is -2.28. The van der Waals surface area contributed by atoms with Gasteiger partial charge in [0, 0.05) is 6.04 Å². The van der Waals surface area contributed by atoms with Gasteiger partial charge >= 0.3 is 0 Å². The summed E-state index contributed by atoms with van der Waals surface area (Å²) < 4.78 is 0. The first-order valence-corrected chi connectivity index (χ1v) is 6.25. The van der Waals surface area contributed by atoms with E-state index in [4.69, 9.17) is 5.73 Å². The van der Waals surface area contributed by atoms with Gasteiger partial charge in [-0.05, 0) is 32.6 Å². The van der Waals surface area contributed by atoms with Crippen molar-refractivity contribution in [2.45, 2.75) is 52.0 Å². The lowest BCUT2D eigenvalue weighted by atomic mass is 9.84. The van der Waals surface area contributed by atoms with E-state index in [0.29, 0.717) is 11.9 Å². The Morgan fingerprint density at radius 2 is 2.06 bits per heavy atom. The highest BCUT2D eigenvalue weighted by Crippen LogP contribution is 2.28. The number of hydrogen-bond donors (Lipinski definition) is 3. The largest absolute Gasteiger partial charge is 0.382 e. The molecule has 0 aliphatic heterocycles. The minimum absolute atomic E-state index is 0.463. The lowest BCUT2D eigenvalue weighted by molar-refractivity contribution is 0.328. The molecule has 1 heterocycles. The molecule has 1 aromatic heterocycles. The summed E-state index contributed by atoms with van der Waals surface area (Å²) in [6.07, 6.45) is 6.79. The molecule has 90 valence electrons. The van der Waals surface area contributed by atoms with Crippen LogP contribution in [0.1, 0.15) is 44.9 Å². The van der Waals surface area contributed by atoms with E-state index in [1.165, 1.54) is 32.1 Å². The maximum absolute atomic E-state index is 5.84. The van der Waals surface area contributed by atoms with Crippen LogP contribution in [0.25, 0.3) is 0 Å². The third-order valence-corrected chi connectivity index (χ3v) is 3.57. The SMILES string of the molecule is Cc1nc(NC(C)C2CCCCC2)c(N)[nH]1. The standard InChI is InChI=1S/C12H22N4/c1-8(10-6-4-3-5-7-10)14-12-11(13)15-9(2)16-12/h8,10,14H,3-7,13H2,1-2H3,(H,15,16). The Bertz CT molecular complexity index is 339. The van der Waals surface area contributed by atoms with Gasteiger partial charge in [0.05, 0.1) is 0 Å². The third-order valence-electron chi connectivity index (χ3n) is 3.57. The molecule has 4 nitrogen and oxygen atoms in total. The molecule has 1 atom stereocenters. The molecule has 16 heavy (non-hydrogen) atoms. The molecule has 1 fully saturated rings. The van der Waals surface area contributed by atoms with Gasteiger partial charge in [-0.2, -0.15) is 0 Å². The molecular formula is C12H22N4. The first kappa shape index (κ1) is 11.3. The van der Waals surface area contributed by atoms with Crippen LogP contribution in [0.5, 0.6) is 0 Å². The summed E-state index contributed by atoms with van der Waals surface area (Å²) in [5.41, 5.74) is 5.84. The van der Waals surface area contributed by atoms with Crippen LogP contribution in [0.4, 0.5) is 11.6 Å². The smallest absolute Gasteiger partial charge is 0.168 e. The summed E-state index contributed by atoms with van der Waals surface area (Å²) in [4.78, 5) is 7.37. The maximum Gasteiger partial charge on any atom is 0.168 e. The zero-order valence-electron chi connectivity index (χ0n) is 10.2. The highest BCUT2D eigenvalue weighted by Gasteiger charge is 2.21. The highest BCUT2D eigenvalue weighted by molar-refractivity contribution is 5.57. The lowest BCUT2D eigenvalue weighted by Crippen LogP contribution is -2.28. The van der Waals surface area contributed by atoms with Crippen molar-refractivity contribution in [3.8, 4) is 0 Å². The number of anilines is 2. The van der Waals surface area contributed by atoms with Crippen LogP contribution in [0, 0.1) is 12.8 Å². The fourth-order valence-corrected chi connectivity index (χ4v) is 2.59. The number of nitrogens with zero attached hydrogens (tertiary/aromatic N) is 1. The monoisotopic (exact) mass is 222 g/mol. The second-order valence-electron chi connectivity index (χ2n) is 4.92. The zero-order valence-corrected chi connectivity index (χ0v) is 10.2. The topological polar surface area (TPSA) is 66.7 Å². The summed E-state index contributed by atoms with van der Waals surface area (Å²) in [6, 6.07) is 0.463. The number of nitrogens with two attached hydrogens (primary N) is 1. The number of imidazole rings is 1. The molecule has 0 saturated heterocycles. The minimum atomic E-state index is 0.463. The Kier molecular flexibility index (Phi) is 3.36. The van der Waals surface area contributed by atoms with Crippen LogP contribution >= 0.6 is 0 Å². The van der Waals surface area contributed by atoms with E-state index in [1.807, 2.05) is 6.92 Å². The van der Waals surface area contributed by atoms with Crippen molar-refractivity contribution in [1.29, 1.82) is 0 Å². The molecule has 1 unspecified atom stereocenters. The van der Waals surface area contributed by atoms with E-state index in [1.54, 1.807) is 0 Å². The minimum Gasteiger partial charge on any atom is -0.382 e. The summed E-state index contributed by atoms with van der Waals surface area (Å²) in [7, 11) is 0. The Hall–Kier alpha value is -1.19. The highest BCUT2D eigenvalue weighted by atomic mass is 15.1. The van der Waals surface area contributed by atoms with Crippen molar-refractivity contribution < 1.29 is 0 Å². The molecule has 1 aliphatic rings. The summed E-state index contributed by atoms with van der Waals surface area (Å²) >= 11 is 0. The van der Waals surface area contributed by atoms with Crippen molar-refractivity contribution in [3.05, 3.63) is 5.82 Å². The van der Waals surface area contributed by atoms with E-state index >= 15 is 0 Å². The second-order valence-corrected chi connectivity index (χ2v) is 4.92. The van der Waals surface area contributed by atoms with Crippen LogP contribution in [0.15, 0.2) is 0 Å².